The van der Waals surface area contributed by atoms with Gasteiger partial charge in [-0.1, -0.05) is 12.1 Å². The molecule has 0 saturated heterocycles. The summed E-state index contributed by atoms with van der Waals surface area (Å²) in [4.78, 5) is 11.8. The molecule has 1 heterocycles. The number of carbonyl (C=O) groups excluding carboxylic acids is 1. The zero-order valence-corrected chi connectivity index (χ0v) is 13.8. The van der Waals surface area contributed by atoms with Crippen LogP contribution < -0.4 is 15.4 Å². The molecule has 126 valence electrons. The second-order valence-electron chi connectivity index (χ2n) is 5.40. The Labute approximate surface area is 141 Å². The van der Waals surface area contributed by atoms with Crippen LogP contribution >= 0.6 is 0 Å². The molecule has 2 N–H and O–H groups in total. The van der Waals surface area contributed by atoms with E-state index in [-0.39, 0.29) is 12.1 Å². The molecule has 7 heteroatoms. The molecule has 2 amide bonds. The second-order valence-corrected chi connectivity index (χ2v) is 5.40. The summed E-state index contributed by atoms with van der Waals surface area (Å²) < 4.78 is 7.24. The van der Waals surface area contributed by atoms with Gasteiger partial charge in [-0.05, 0) is 24.6 Å². The largest absolute Gasteiger partial charge is 0.492 e. The first-order chi connectivity index (χ1) is 11.6. The van der Waals surface area contributed by atoms with E-state index in [0.717, 1.165) is 11.1 Å². The molecule has 0 fully saturated rings. The molecule has 0 aliphatic heterocycles. The van der Waals surface area contributed by atoms with E-state index in [9.17, 15) is 4.79 Å². The predicted octanol–water partition coefficient (Wildman–Crippen LogP) is 1.93. The first-order valence-corrected chi connectivity index (χ1v) is 7.70. The fraction of sp³-hybridized carbons (Fsp3) is 0.353. The molecular formula is C17H21N5O2. The number of aromatic nitrogens is 2. The minimum atomic E-state index is -0.251. The van der Waals surface area contributed by atoms with Gasteiger partial charge in [-0.2, -0.15) is 10.4 Å². The third-order valence-electron chi connectivity index (χ3n) is 3.44. The highest BCUT2D eigenvalue weighted by Gasteiger charge is 2.10. The van der Waals surface area contributed by atoms with E-state index in [1.807, 2.05) is 44.4 Å². The molecule has 2 aromatic rings. The first kappa shape index (κ1) is 17.3. The van der Waals surface area contributed by atoms with Crippen LogP contribution in [0.1, 0.15) is 24.1 Å². The van der Waals surface area contributed by atoms with E-state index in [4.69, 9.17) is 10.00 Å². The smallest absolute Gasteiger partial charge is 0.315 e. The Morgan fingerprint density at radius 2 is 2.17 bits per heavy atom. The molecule has 24 heavy (non-hydrogen) atoms. The van der Waals surface area contributed by atoms with Crippen molar-refractivity contribution in [2.24, 2.45) is 7.05 Å². The standard InChI is InChI=1S/C17H21N5O2/c1-13(15-11-20-22(2)12-15)21-17(23)19-9-10-24-16-5-3-14(4-6-16)7-8-18/h3-6,11-13H,7,9-10H2,1-2H3,(H2,19,21,23)/t13-/m1/s1. The fourth-order valence-corrected chi connectivity index (χ4v) is 2.12. The number of hydrogen-bond acceptors (Lipinski definition) is 4. The first-order valence-electron chi connectivity index (χ1n) is 7.70. The van der Waals surface area contributed by atoms with Gasteiger partial charge in [0, 0.05) is 18.8 Å². The Bertz CT molecular complexity index is 703. The summed E-state index contributed by atoms with van der Waals surface area (Å²) in [6.45, 7) is 2.66. The lowest BCUT2D eigenvalue weighted by atomic mass is 10.2. The fourth-order valence-electron chi connectivity index (χ4n) is 2.12. The van der Waals surface area contributed by atoms with Gasteiger partial charge in [0.05, 0.1) is 31.3 Å². The molecule has 2 rings (SSSR count). The highest BCUT2D eigenvalue weighted by Crippen LogP contribution is 2.12. The number of rotatable bonds is 7. The summed E-state index contributed by atoms with van der Waals surface area (Å²) in [7, 11) is 1.83. The number of hydrogen-bond donors (Lipinski definition) is 2. The maximum atomic E-state index is 11.8. The molecule has 0 aliphatic carbocycles. The zero-order valence-electron chi connectivity index (χ0n) is 13.8. The van der Waals surface area contributed by atoms with Crippen LogP contribution in [0.3, 0.4) is 0 Å². The molecular weight excluding hydrogens is 306 g/mol. The van der Waals surface area contributed by atoms with Crippen LogP contribution in [0.25, 0.3) is 0 Å². The minimum Gasteiger partial charge on any atom is -0.492 e. The van der Waals surface area contributed by atoms with E-state index in [1.165, 1.54) is 0 Å². The third kappa shape index (κ3) is 5.32. The Hall–Kier alpha value is -3.01. The zero-order chi connectivity index (χ0) is 17.4. The molecule has 1 aromatic heterocycles. The van der Waals surface area contributed by atoms with Crippen LogP contribution in [0.4, 0.5) is 4.79 Å². The summed E-state index contributed by atoms with van der Waals surface area (Å²) in [6.07, 6.45) is 3.98. The number of aryl methyl sites for hydroxylation is 1. The molecule has 7 nitrogen and oxygen atoms in total. The van der Waals surface area contributed by atoms with Crippen molar-refractivity contribution in [2.75, 3.05) is 13.2 Å². The number of amides is 2. The maximum Gasteiger partial charge on any atom is 0.315 e. The minimum absolute atomic E-state index is 0.118. The topological polar surface area (TPSA) is 92.0 Å². The molecule has 1 aromatic carbocycles. The van der Waals surface area contributed by atoms with E-state index >= 15 is 0 Å². The van der Waals surface area contributed by atoms with Crippen molar-refractivity contribution in [2.45, 2.75) is 19.4 Å². The van der Waals surface area contributed by atoms with Gasteiger partial charge in [0.1, 0.15) is 12.4 Å². The van der Waals surface area contributed by atoms with Gasteiger partial charge >= 0.3 is 6.03 Å². The summed E-state index contributed by atoms with van der Waals surface area (Å²) in [5, 5.41) is 18.3. The van der Waals surface area contributed by atoms with Crippen molar-refractivity contribution in [3.05, 3.63) is 47.8 Å². The van der Waals surface area contributed by atoms with E-state index in [0.29, 0.717) is 25.3 Å². The number of urea groups is 1. The van der Waals surface area contributed by atoms with E-state index in [2.05, 4.69) is 21.8 Å². The molecule has 0 radical (unpaired) electrons. The van der Waals surface area contributed by atoms with Crippen LogP contribution in [0.5, 0.6) is 5.75 Å². The average molecular weight is 327 g/mol. The van der Waals surface area contributed by atoms with Crippen molar-refractivity contribution >= 4 is 6.03 Å². The number of nitrogens with zero attached hydrogens (tertiary/aromatic N) is 3. The Balaban J connectivity index is 1.66. The number of nitriles is 1. The number of benzene rings is 1. The summed E-state index contributed by atoms with van der Waals surface area (Å²) >= 11 is 0. The molecule has 1 atom stereocenters. The molecule has 0 unspecified atom stereocenters. The van der Waals surface area contributed by atoms with Crippen molar-refractivity contribution < 1.29 is 9.53 Å². The highest BCUT2D eigenvalue weighted by atomic mass is 16.5. The van der Waals surface area contributed by atoms with Crippen molar-refractivity contribution in [1.29, 1.82) is 5.26 Å². The van der Waals surface area contributed by atoms with Crippen molar-refractivity contribution in [3.8, 4) is 11.8 Å². The van der Waals surface area contributed by atoms with Gasteiger partial charge in [0.15, 0.2) is 0 Å². The Morgan fingerprint density at radius 1 is 1.42 bits per heavy atom. The lowest BCUT2D eigenvalue weighted by molar-refractivity contribution is 0.233. The van der Waals surface area contributed by atoms with Crippen molar-refractivity contribution in [3.63, 3.8) is 0 Å². The summed E-state index contributed by atoms with van der Waals surface area (Å²) in [5.41, 5.74) is 1.90. The molecule has 0 saturated carbocycles. The second kappa shape index (κ2) is 8.58. The molecule has 0 bridgehead atoms. The SMILES string of the molecule is C[C@@H](NC(=O)NCCOc1ccc(CC#N)cc1)c1cnn(C)c1. The maximum absolute atomic E-state index is 11.8. The number of nitrogens with one attached hydrogen (secondary N) is 2. The van der Waals surface area contributed by atoms with Crippen LogP contribution in [0.2, 0.25) is 0 Å². The number of ether oxygens (including phenoxy) is 1. The van der Waals surface area contributed by atoms with Gasteiger partial charge in [0.2, 0.25) is 0 Å². The Morgan fingerprint density at radius 3 is 2.79 bits per heavy atom. The van der Waals surface area contributed by atoms with Crippen LogP contribution in [-0.4, -0.2) is 29.0 Å². The summed E-state index contributed by atoms with van der Waals surface area (Å²) in [5.74, 6) is 0.711. The van der Waals surface area contributed by atoms with Gasteiger partial charge in [-0.3, -0.25) is 4.68 Å². The van der Waals surface area contributed by atoms with Crippen LogP contribution in [-0.2, 0) is 13.5 Å². The van der Waals surface area contributed by atoms with Gasteiger partial charge in [-0.15, -0.1) is 0 Å². The van der Waals surface area contributed by atoms with Gasteiger partial charge < -0.3 is 15.4 Å². The van der Waals surface area contributed by atoms with Gasteiger partial charge in [0.25, 0.3) is 0 Å². The molecule has 0 aliphatic rings. The Kier molecular flexibility index (Phi) is 6.20. The normalized spacial score (nSPS) is 11.4. The molecule has 0 spiro atoms. The third-order valence-corrected chi connectivity index (χ3v) is 3.44. The lowest BCUT2D eigenvalue weighted by Gasteiger charge is -2.13. The monoisotopic (exact) mass is 327 g/mol. The predicted molar refractivity (Wildman–Crippen MR) is 89.4 cm³/mol. The van der Waals surface area contributed by atoms with Crippen LogP contribution in [0, 0.1) is 11.3 Å². The van der Waals surface area contributed by atoms with E-state index in [1.54, 1.807) is 10.9 Å². The number of carbonyl (C=O) groups is 1. The quantitative estimate of drug-likeness (QED) is 0.760. The van der Waals surface area contributed by atoms with Gasteiger partial charge in [-0.25, -0.2) is 4.79 Å². The summed E-state index contributed by atoms with van der Waals surface area (Å²) in [6, 6.07) is 9.07. The van der Waals surface area contributed by atoms with Crippen molar-refractivity contribution in [1.82, 2.24) is 20.4 Å². The average Bonchev–Trinajstić information content (AvgIpc) is 3.00. The lowest BCUT2D eigenvalue weighted by Crippen LogP contribution is -2.38. The van der Waals surface area contributed by atoms with E-state index < -0.39 is 0 Å². The highest BCUT2D eigenvalue weighted by molar-refractivity contribution is 5.74. The van der Waals surface area contributed by atoms with Crippen LogP contribution in [0.15, 0.2) is 36.7 Å².